The van der Waals surface area contributed by atoms with E-state index in [9.17, 15) is 9.18 Å². The van der Waals surface area contributed by atoms with Crippen molar-refractivity contribution in [1.82, 2.24) is 0 Å². The van der Waals surface area contributed by atoms with Crippen LogP contribution in [0.15, 0.2) is 24.3 Å². The third kappa shape index (κ3) is 2.46. The highest BCUT2D eigenvalue weighted by Crippen LogP contribution is 2.36. The van der Waals surface area contributed by atoms with E-state index in [4.69, 9.17) is 5.73 Å². The first-order valence-corrected chi connectivity index (χ1v) is 7.05. The number of benzene rings is 1. The molecule has 1 aromatic rings. The van der Waals surface area contributed by atoms with E-state index >= 15 is 0 Å². The molecule has 5 heteroatoms. The number of amides is 1. The number of nitrogens with two attached hydrogens (primary N) is 1. The molecule has 18 heavy (non-hydrogen) atoms. The highest BCUT2D eigenvalue weighted by Gasteiger charge is 2.44. The molecule has 1 saturated heterocycles. The Bertz CT molecular complexity index is 454. The van der Waals surface area contributed by atoms with Gasteiger partial charge in [-0.2, -0.15) is 11.8 Å². The smallest absolute Gasteiger partial charge is 0.244 e. The van der Waals surface area contributed by atoms with Crippen LogP contribution in [-0.2, 0) is 4.79 Å². The molecule has 3 N–H and O–H groups in total. The van der Waals surface area contributed by atoms with Crippen LogP contribution in [0.2, 0.25) is 0 Å². The maximum absolute atomic E-state index is 13.2. The number of carbonyl (C=O) groups is 1. The van der Waals surface area contributed by atoms with Crippen molar-refractivity contribution in [3.8, 4) is 0 Å². The van der Waals surface area contributed by atoms with E-state index < -0.39 is 5.54 Å². The van der Waals surface area contributed by atoms with E-state index in [1.54, 1.807) is 23.9 Å². The lowest BCUT2D eigenvalue weighted by atomic mass is 9.88. The highest BCUT2D eigenvalue weighted by atomic mass is 32.2. The lowest BCUT2D eigenvalue weighted by molar-refractivity contribution is -0.122. The van der Waals surface area contributed by atoms with Crippen LogP contribution in [0.25, 0.3) is 0 Å². The first-order valence-electron chi connectivity index (χ1n) is 6.00. The quantitative estimate of drug-likeness (QED) is 0.885. The first kappa shape index (κ1) is 13.2. The minimum Gasteiger partial charge on any atom is -0.370 e. The molecule has 1 fully saturated rings. The van der Waals surface area contributed by atoms with E-state index in [0.717, 1.165) is 12.2 Å². The van der Waals surface area contributed by atoms with E-state index in [-0.39, 0.29) is 17.0 Å². The van der Waals surface area contributed by atoms with E-state index in [1.165, 1.54) is 12.1 Å². The van der Waals surface area contributed by atoms with Gasteiger partial charge in [0, 0.05) is 10.9 Å². The Hall–Kier alpha value is -1.23. The summed E-state index contributed by atoms with van der Waals surface area (Å²) in [5.41, 5.74) is 5.39. The molecule has 1 aliphatic rings. The molecule has 0 saturated carbocycles. The molecule has 1 aromatic carbocycles. The molecule has 1 aliphatic heterocycles. The molecular formula is C13H17FN2OS. The summed E-state index contributed by atoms with van der Waals surface area (Å²) in [5, 5.41) is 3.22. The van der Waals surface area contributed by atoms with Crippen molar-refractivity contribution in [3.05, 3.63) is 30.1 Å². The molecule has 0 spiro atoms. The number of hydrogen-bond donors (Lipinski definition) is 2. The van der Waals surface area contributed by atoms with Crippen LogP contribution in [0, 0.1) is 5.82 Å². The Morgan fingerprint density at radius 1 is 1.61 bits per heavy atom. The molecule has 2 atom stereocenters. The summed E-state index contributed by atoms with van der Waals surface area (Å²) in [4.78, 5) is 11.8. The average molecular weight is 268 g/mol. The molecule has 1 amide bonds. The standard InChI is InChI=1S/C13H17FN2OS/c1-9-13(12(15)17,6-3-7-18-9)16-11-5-2-4-10(14)8-11/h2,4-5,8-9,16H,3,6-7H2,1H3,(H2,15,17). The van der Waals surface area contributed by atoms with Crippen LogP contribution in [-0.4, -0.2) is 22.4 Å². The zero-order chi connectivity index (χ0) is 13.2. The van der Waals surface area contributed by atoms with Gasteiger partial charge in [-0.15, -0.1) is 0 Å². The Kier molecular flexibility index (Phi) is 3.80. The van der Waals surface area contributed by atoms with Crippen molar-refractivity contribution >= 4 is 23.4 Å². The second kappa shape index (κ2) is 5.18. The Morgan fingerprint density at radius 2 is 2.39 bits per heavy atom. The zero-order valence-electron chi connectivity index (χ0n) is 10.3. The number of carbonyl (C=O) groups excluding carboxylic acids is 1. The minimum absolute atomic E-state index is 0.0759. The third-order valence-corrected chi connectivity index (χ3v) is 4.84. The van der Waals surface area contributed by atoms with Crippen LogP contribution in [0.1, 0.15) is 19.8 Å². The van der Waals surface area contributed by atoms with Gasteiger partial charge in [-0.3, -0.25) is 4.79 Å². The highest BCUT2D eigenvalue weighted by molar-refractivity contribution is 8.00. The lowest BCUT2D eigenvalue weighted by Crippen LogP contribution is -2.58. The summed E-state index contributed by atoms with van der Waals surface area (Å²) in [5.74, 6) is 0.336. The van der Waals surface area contributed by atoms with Gasteiger partial charge in [-0.25, -0.2) is 4.39 Å². The number of rotatable bonds is 3. The van der Waals surface area contributed by atoms with Gasteiger partial charge in [0.25, 0.3) is 0 Å². The molecule has 2 rings (SSSR count). The minimum atomic E-state index is -0.781. The second-order valence-electron chi connectivity index (χ2n) is 4.59. The van der Waals surface area contributed by atoms with Crippen molar-refractivity contribution in [2.75, 3.05) is 11.1 Å². The van der Waals surface area contributed by atoms with Crippen molar-refractivity contribution in [2.24, 2.45) is 5.73 Å². The predicted molar refractivity (Wildman–Crippen MR) is 73.1 cm³/mol. The van der Waals surface area contributed by atoms with Crippen LogP contribution < -0.4 is 11.1 Å². The summed E-state index contributed by atoms with van der Waals surface area (Å²) in [6.07, 6.45) is 1.62. The number of thioether (sulfide) groups is 1. The summed E-state index contributed by atoms with van der Waals surface area (Å²) in [7, 11) is 0. The molecule has 2 unspecified atom stereocenters. The summed E-state index contributed by atoms with van der Waals surface area (Å²) in [6, 6.07) is 6.13. The van der Waals surface area contributed by atoms with Gasteiger partial charge in [0.15, 0.2) is 0 Å². The summed E-state index contributed by atoms with van der Waals surface area (Å²) < 4.78 is 13.2. The average Bonchev–Trinajstić information content (AvgIpc) is 2.32. The van der Waals surface area contributed by atoms with Gasteiger partial charge >= 0.3 is 0 Å². The van der Waals surface area contributed by atoms with Gasteiger partial charge in [0.2, 0.25) is 5.91 Å². The number of nitrogens with one attached hydrogen (secondary N) is 1. The van der Waals surface area contributed by atoms with Gasteiger partial charge in [-0.1, -0.05) is 13.0 Å². The van der Waals surface area contributed by atoms with Crippen molar-refractivity contribution < 1.29 is 9.18 Å². The fourth-order valence-electron chi connectivity index (χ4n) is 2.33. The lowest BCUT2D eigenvalue weighted by Gasteiger charge is -2.40. The number of hydrogen-bond acceptors (Lipinski definition) is 3. The molecule has 0 aromatic heterocycles. The molecular weight excluding hydrogens is 251 g/mol. The Labute approximate surface area is 110 Å². The molecule has 0 bridgehead atoms. The van der Waals surface area contributed by atoms with Crippen LogP contribution in [0.4, 0.5) is 10.1 Å². The fourth-order valence-corrected chi connectivity index (χ4v) is 3.57. The van der Waals surface area contributed by atoms with Crippen LogP contribution >= 0.6 is 11.8 Å². The Morgan fingerprint density at radius 3 is 3.00 bits per heavy atom. The van der Waals surface area contributed by atoms with Gasteiger partial charge in [-0.05, 0) is 36.8 Å². The summed E-state index contributed by atoms with van der Waals surface area (Å²) in [6.45, 7) is 1.99. The molecule has 3 nitrogen and oxygen atoms in total. The SMILES string of the molecule is CC1SCCCC1(Nc1cccc(F)c1)C(N)=O. The predicted octanol–water partition coefficient (Wildman–Crippen LogP) is 2.38. The molecule has 98 valence electrons. The number of anilines is 1. The largest absolute Gasteiger partial charge is 0.370 e. The van der Waals surface area contributed by atoms with E-state index in [0.29, 0.717) is 12.1 Å². The molecule has 0 radical (unpaired) electrons. The van der Waals surface area contributed by atoms with Crippen molar-refractivity contribution in [2.45, 2.75) is 30.6 Å². The summed E-state index contributed by atoms with van der Waals surface area (Å²) >= 11 is 1.72. The maximum Gasteiger partial charge on any atom is 0.244 e. The maximum atomic E-state index is 13.2. The zero-order valence-corrected chi connectivity index (χ0v) is 11.1. The Balaban J connectivity index is 2.28. The van der Waals surface area contributed by atoms with E-state index in [2.05, 4.69) is 5.32 Å². The number of primary amides is 1. The van der Waals surface area contributed by atoms with Gasteiger partial charge in [0.1, 0.15) is 11.4 Å². The third-order valence-electron chi connectivity index (χ3n) is 3.41. The van der Waals surface area contributed by atoms with Gasteiger partial charge < -0.3 is 11.1 Å². The van der Waals surface area contributed by atoms with Gasteiger partial charge in [0.05, 0.1) is 0 Å². The van der Waals surface area contributed by atoms with Crippen LogP contribution in [0.5, 0.6) is 0 Å². The fraction of sp³-hybridized carbons (Fsp3) is 0.462. The number of halogens is 1. The molecule has 1 heterocycles. The second-order valence-corrected chi connectivity index (χ2v) is 6.04. The van der Waals surface area contributed by atoms with Crippen molar-refractivity contribution in [1.29, 1.82) is 0 Å². The monoisotopic (exact) mass is 268 g/mol. The van der Waals surface area contributed by atoms with Crippen LogP contribution in [0.3, 0.4) is 0 Å². The normalized spacial score (nSPS) is 27.8. The first-order chi connectivity index (χ1) is 8.54. The molecule has 0 aliphatic carbocycles. The topological polar surface area (TPSA) is 55.1 Å². The van der Waals surface area contributed by atoms with Crippen molar-refractivity contribution in [3.63, 3.8) is 0 Å². The van der Waals surface area contributed by atoms with E-state index in [1.807, 2.05) is 6.92 Å².